The minimum Gasteiger partial charge on any atom is -0.342 e. The number of amides is 1. The number of fused-ring (bicyclic) bond motifs is 1. The van der Waals surface area contributed by atoms with Crippen molar-refractivity contribution in [3.63, 3.8) is 0 Å². The minimum atomic E-state index is -0.265. The number of nitrogens with one attached hydrogen (secondary N) is 1. The lowest BCUT2D eigenvalue weighted by atomic mass is 9.96. The van der Waals surface area contributed by atoms with Crippen LogP contribution in [0.15, 0.2) is 54.6 Å². The van der Waals surface area contributed by atoms with Crippen molar-refractivity contribution in [1.82, 2.24) is 14.9 Å². The molecule has 4 rings (SSSR count). The van der Waals surface area contributed by atoms with E-state index in [-0.39, 0.29) is 17.6 Å². The van der Waals surface area contributed by atoms with Crippen molar-refractivity contribution in [2.24, 2.45) is 0 Å². The van der Waals surface area contributed by atoms with Gasteiger partial charge in [0.05, 0.1) is 11.0 Å². The van der Waals surface area contributed by atoms with Gasteiger partial charge < -0.3 is 9.88 Å². The van der Waals surface area contributed by atoms with Gasteiger partial charge in [-0.15, -0.1) is 0 Å². The van der Waals surface area contributed by atoms with Crippen LogP contribution >= 0.6 is 0 Å². The van der Waals surface area contributed by atoms with Crippen LogP contribution in [0.3, 0.4) is 0 Å². The number of carbonyl (C=O) groups excluding carboxylic acids is 1. The summed E-state index contributed by atoms with van der Waals surface area (Å²) in [5, 5.41) is 0. The minimum absolute atomic E-state index is 0.0407. The SMILES string of the molecule is O=C(/C=C/c1ccccc1)N1CCC(c2nc3ccc(F)cc3[nH]2)CC1. The van der Waals surface area contributed by atoms with Crippen molar-refractivity contribution in [1.29, 1.82) is 0 Å². The Morgan fingerprint density at radius 3 is 2.69 bits per heavy atom. The van der Waals surface area contributed by atoms with E-state index in [1.165, 1.54) is 12.1 Å². The number of rotatable bonds is 3. The highest BCUT2D eigenvalue weighted by Crippen LogP contribution is 2.28. The first-order valence-electron chi connectivity index (χ1n) is 8.86. The van der Waals surface area contributed by atoms with Gasteiger partial charge in [0.2, 0.25) is 5.91 Å². The fourth-order valence-electron chi connectivity index (χ4n) is 3.41. The van der Waals surface area contributed by atoms with E-state index < -0.39 is 0 Å². The summed E-state index contributed by atoms with van der Waals surface area (Å²) >= 11 is 0. The number of halogens is 1. The molecule has 0 unspecified atom stereocenters. The third-order valence-electron chi connectivity index (χ3n) is 4.87. The lowest BCUT2D eigenvalue weighted by Gasteiger charge is -2.30. The standard InChI is InChI=1S/C21H20FN3O/c22-17-7-8-18-19(14-17)24-21(23-18)16-10-12-25(13-11-16)20(26)9-6-15-4-2-1-3-5-15/h1-9,14,16H,10-13H2,(H,23,24)/b9-6+. The summed E-state index contributed by atoms with van der Waals surface area (Å²) in [5.41, 5.74) is 2.53. The number of hydrogen-bond acceptors (Lipinski definition) is 2. The summed E-state index contributed by atoms with van der Waals surface area (Å²) in [6, 6.07) is 14.4. The van der Waals surface area contributed by atoms with Crippen LogP contribution in [-0.2, 0) is 4.79 Å². The number of piperidine rings is 1. The normalized spacial score (nSPS) is 15.8. The molecule has 1 aliphatic rings. The van der Waals surface area contributed by atoms with E-state index in [0.29, 0.717) is 13.1 Å². The average molecular weight is 349 g/mol. The molecule has 0 atom stereocenters. The van der Waals surface area contributed by atoms with Gasteiger partial charge in [-0.3, -0.25) is 4.79 Å². The fourth-order valence-corrected chi connectivity index (χ4v) is 3.41. The molecule has 26 heavy (non-hydrogen) atoms. The predicted octanol–water partition coefficient (Wildman–Crippen LogP) is 4.12. The van der Waals surface area contributed by atoms with E-state index in [1.54, 1.807) is 12.1 Å². The van der Waals surface area contributed by atoms with Gasteiger partial charge in [-0.25, -0.2) is 9.37 Å². The third-order valence-corrected chi connectivity index (χ3v) is 4.87. The van der Waals surface area contributed by atoms with E-state index in [1.807, 2.05) is 41.3 Å². The van der Waals surface area contributed by atoms with E-state index >= 15 is 0 Å². The van der Waals surface area contributed by atoms with Crippen molar-refractivity contribution >= 4 is 23.0 Å². The zero-order valence-electron chi connectivity index (χ0n) is 14.4. The molecule has 1 saturated heterocycles. The second-order valence-electron chi connectivity index (χ2n) is 6.63. The summed E-state index contributed by atoms with van der Waals surface area (Å²) in [4.78, 5) is 22.1. The molecular formula is C21H20FN3O. The van der Waals surface area contributed by atoms with Gasteiger partial charge in [-0.1, -0.05) is 30.3 Å². The van der Waals surface area contributed by atoms with E-state index in [9.17, 15) is 9.18 Å². The highest BCUT2D eigenvalue weighted by molar-refractivity contribution is 5.91. The van der Waals surface area contributed by atoms with Crippen LogP contribution in [0.5, 0.6) is 0 Å². The first-order chi connectivity index (χ1) is 12.7. The first-order valence-corrected chi connectivity index (χ1v) is 8.86. The third kappa shape index (κ3) is 3.52. The smallest absolute Gasteiger partial charge is 0.246 e. The Labute approximate surface area is 151 Å². The molecule has 4 nitrogen and oxygen atoms in total. The summed E-state index contributed by atoms with van der Waals surface area (Å²) < 4.78 is 13.3. The molecule has 1 fully saturated rings. The van der Waals surface area contributed by atoms with Gasteiger partial charge in [-0.2, -0.15) is 0 Å². The first kappa shape index (κ1) is 16.5. The molecule has 0 saturated carbocycles. The van der Waals surface area contributed by atoms with E-state index in [2.05, 4.69) is 9.97 Å². The van der Waals surface area contributed by atoms with Gasteiger partial charge in [0.1, 0.15) is 11.6 Å². The maximum Gasteiger partial charge on any atom is 0.246 e. The molecule has 0 bridgehead atoms. The van der Waals surface area contributed by atoms with Crippen LogP contribution in [0.1, 0.15) is 30.1 Å². The molecular weight excluding hydrogens is 329 g/mol. The molecule has 0 aliphatic carbocycles. The molecule has 2 heterocycles. The Kier molecular flexibility index (Phi) is 4.52. The van der Waals surface area contributed by atoms with Crippen molar-refractivity contribution < 1.29 is 9.18 Å². The quantitative estimate of drug-likeness (QED) is 0.723. The zero-order valence-corrected chi connectivity index (χ0v) is 14.4. The maximum atomic E-state index is 13.3. The Balaban J connectivity index is 1.38. The molecule has 0 spiro atoms. The Morgan fingerprint density at radius 2 is 1.92 bits per heavy atom. The number of aromatic amines is 1. The molecule has 1 N–H and O–H groups in total. The van der Waals surface area contributed by atoms with Gasteiger partial charge in [0.15, 0.2) is 0 Å². The molecule has 1 amide bonds. The monoisotopic (exact) mass is 349 g/mol. The molecule has 1 aromatic heterocycles. The largest absolute Gasteiger partial charge is 0.342 e. The average Bonchev–Trinajstić information content (AvgIpc) is 3.10. The number of imidazole rings is 1. The maximum absolute atomic E-state index is 13.3. The van der Waals surface area contributed by atoms with Crippen molar-refractivity contribution in [2.75, 3.05) is 13.1 Å². The van der Waals surface area contributed by atoms with Crippen molar-refractivity contribution in [3.8, 4) is 0 Å². The van der Waals surface area contributed by atoms with Crippen molar-refractivity contribution in [2.45, 2.75) is 18.8 Å². The number of nitrogens with zero attached hydrogens (tertiary/aromatic N) is 2. The summed E-state index contributed by atoms with van der Waals surface area (Å²) in [5.74, 6) is 0.933. The lowest BCUT2D eigenvalue weighted by molar-refractivity contribution is -0.127. The number of aromatic nitrogens is 2. The second-order valence-corrected chi connectivity index (χ2v) is 6.63. The second kappa shape index (κ2) is 7.12. The van der Waals surface area contributed by atoms with E-state index in [4.69, 9.17) is 0 Å². The highest BCUT2D eigenvalue weighted by atomic mass is 19.1. The summed E-state index contributed by atoms with van der Waals surface area (Å²) in [7, 11) is 0. The lowest BCUT2D eigenvalue weighted by Crippen LogP contribution is -2.37. The van der Waals surface area contributed by atoms with Gasteiger partial charge in [-0.05, 0) is 42.7 Å². The summed E-state index contributed by atoms with van der Waals surface area (Å²) in [6.45, 7) is 1.40. The fraction of sp³-hybridized carbons (Fsp3) is 0.238. The van der Waals surface area contributed by atoms with E-state index in [0.717, 1.165) is 35.3 Å². The number of carbonyl (C=O) groups is 1. The topological polar surface area (TPSA) is 49.0 Å². The van der Waals surface area contributed by atoms with Gasteiger partial charge in [0.25, 0.3) is 0 Å². The van der Waals surface area contributed by atoms with Crippen LogP contribution in [0.25, 0.3) is 17.1 Å². The van der Waals surface area contributed by atoms with Crippen molar-refractivity contribution in [3.05, 3.63) is 71.8 Å². The van der Waals surface area contributed by atoms with Crippen LogP contribution in [-0.4, -0.2) is 33.9 Å². The molecule has 0 radical (unpaired) electrons. The van der Waals surface area contributed by atoms with Crippen LogP contribution in [0, 0.1) is 5.82 Å². The Hall–Kier alpha value is -2.95. The molecule has 5 heteroatoms. The summed E-state index contributed by atoms with van der Waals surface area (Å²) in [6.07, 6.45) is 5.20. The molecule has 1 aliphatic heterocycles. The van der Waals surface area contributed by atoms with Crippen LogP contribution < -0.4 is 0 Å². The van der Waals surface area contributed by atoms with Gasteiger partial charge in [0, 0.05) is 25.1 Å². The van der Waals surface area contributed by atoms with Gasteiger partial charge >= 0.3 is 0 Å². The Bertz CT molecular complexity index is 940. The number of H-pyrrole nitrogens is 1. The predicted molar refractivity (Wildman–Crippen MR) is 100 cm³/mol. The van der Waals surface area contributed by atoms with Crippen LogP contribution in [0.4, 0.5) is 4.39 Å². The molecule has 2 aromatic carbocycles. The Morgan fingerprint density at radius 1 is 1.15 bits per heavy atom. The molecule has 3 aromatic rings. The van der Waals surface area contributed by atoms with Crippen LogP contribution in [0.2, 0.25) is 0 Å². The zero-order chi connectivity index (χ0) is 17.9. The molecule has 132 valence electrons. The number of likely N-dealkylation sites (tertiary alicyclic amines) is 1. The number of hydrogen-bond donors (Lipinski definition) is 1. The number of benzene rings is 2. The highest BCUT2D eigenvalue weighted by Gasteiger charge is 2.24.